The number of hydrogen-bond acceptors (Lipinski definition) is 2. The van der Waals surface area contributed by atoms with Gasteiger partial charge in [-0.2, -0.15) is 0 Å². The Hall–Kier alpha value is -0.570. The van der Waals surface area contributed by atoms with Gasteiger partial charge in [-0.3, -0.25) is 4.79 Å². The lowest BCUT2D eigenvalue weighted by atomic mass is 9.76. The molecule has 0 aromatic rings. The minimum Gasteiger partial charge on any atom is -0.481 e. The molecule has 1 fully saturated rings. The van der Waals surface area contributed by atoms with Gasteiger partial charge in [0.2, 0.25) is 0 Å². The molecule has 1 aliphatic heterocycles. The van der Waals surface area contributed by atoms with Crippen molar-refractivity contribution < 1.29 is 9.90 Å². The van der Waals surface area contributed by atoms with Gasteiger partial charge in [-0.05, 0) is 62.6 Å². The maximum atomic E-state index is 10.8. The summed E-state index contributed by atoms with van der Waals surface area (Å²) in [5.74, 6) is 0.714. The van der Waals surface area contributed by atoms with Crippen LogP contribution in [-0.2, 0) is 4.79 Å². The number of rotatable bonds is 6. The minimum absolute atomic E-state index is 0.207. The molecular formula is C16H31NO2. The number of likely N-dealkylation sites (tertiary alicyclic amines) is 1. The van der Waals surface area contributed by atoms with E-state index in [1.54, 1.807) is 0 Å². The van der Waals surface area contributed by atoms with Crippen molar-refractivity contribution in [1.29, 1.82) is 0 Å². The second-order valence-electron chi connectivity index (χ2n) is 7.31. The highest BCUT2D eigenvalue weighted by Gasteiger charge is 2.26. The number of carboxylic acid groups (broad SMARTS) is 1. The maximum Gasteiger partial charge on any atom is 0.303 e. The Labute approximate surface area is 118 Å². The minimum atomic E-state index is -0.666. The summed E-state index contributed by atoms with van der Waals surface area (Å²) >= 11 is 0. The fraction of sp³-hybridized carbons (Fsp3) is 0.938. The summed E-state index contributed by atoms with van der Waals surface area (Å²) in [5, 5.41) is 8.86. The van der Waals surface area contributed by atoms with E-state index in [0.717, 1.165) is 25.3 Å². The van der Waals surface area contributed by atoms with Crippen molar-refractivity contribution in [3.63, 3.8) is 0 Å². The quantitative estimate of drug-likeness (QED) is 0.800. The van der Waals surface area contributed by atoms with E-state index in [0.29, 0.717) is 12.3 Å². The van der Waals surface area contributed by atoms with Crippen LogP contribution in [0, 0.1) is 17.3 Å². The summed E-state index contributed by atoms with van der Waals surface area (Å²) in [7, 11) is 0. The maximum absolute atomic E-state index is 10.8. The Kier molecular flexibility index (Phi) is 6.31. The molecule has 1 heterocycles. The largest absolute Gasteiger partial charge is 0.481 e. The molecule has 0 spiro atoms. The lowest BCUT2D eigenvalue weighted by molar-refractivity contribution is -0.137. The Morgan fingerprint density at radius 2 is 1.84 bits per heavy atom. The lowest BCUT2D eigenvalue weighted by Gasteiger charge is -2.35. The van der Waals surface area contributed by atoms with Gasteiger partial charge < -0.3 is 10.0 Å². The molecule has 1 rings (SSSR count). The summed E-state index contributed by atoms with van der Waals surface area (Å²) in [6.07, 6.45) is 4.87. The first-order valence-electron chi connectivity index (χ1n) is 7.73. The van der Waals surface area contributed by atoms with Gasteiger partial charge in [0.1, 0.15) is 0 Å². The van der Waals surface area contributed by atoms with Crippen LogP contribution in [0.5, 0.6) is 0 Å². The normalized spacial score (nSPS) is 20.4. The van der Waals surface area contributed by atoms with Crippen molar-refractivity contribution in [2.24, 2.45) is 17.3 Å². The van der Waals surface area contributed by atoms with Gasteiger partial charge in [-0.25, -0.2) is 0 Å². The highest BCUT2D eigenvalue weighted by molar-refractivity contribution is 5.66. The van der Waals surface area contributed by atoms with E-state index < -0.39 is 5.97 Å². The monoisotopic (exact) mass is 269 g/mol. The molecule has 1 saturated heterocycles. The first kappa shape index (κ1) is 16.5. The van der Waals surface area contributed by atoms with E-state index in [1.807, 2.05) is 0 Å². The third-order valence-corrected chi connectivity index (χ3v) is 4.60. The number of piperidine rings is 1. The van der Waals surface area contributed by atoms with E-state index >= 15 is 0 Å². The number of aliphatic carboxylic acids is 1. The average molecular weight is 269 g/mol. The second kappa shape index (κ2) is 7.28. The number of nitrogens with zero attached hydrogens (tertiary/aromatic N) is 1. The van der Waals surface area contributed by atoms with Gasteiger partial charge in [-0.1, -0.05) is 27.7 Å². The predicted octanol–water partition coefficient (Wildman–Crippen LogP) is 3.64. The van der Waals surface area contributed by atoms with Crippen LogP contribution in [0.2, 0.25) is 0 Å². The fourth-order valence-electron chi connectivity index (χ4n) is 2.93. The van der Waals surface area contributed by atoms with Crippen molar-refractivity contribution >= 4 is 5.97 Å². The molecule has 0 aromatic carbocycles. The first-order valence-corrected chi connectivity index (χ1v) is 7.73. The summed E-state index contributed by atoms with van der Waals surface area (Å²) < 4.78 is 0. The number of hydrogen-bond donors (Lipinski definition) is 1. The molecule has 0 aromatic heterocycles. The Bertz CT molecular complexity index is 275. The highest BCUT2D eigenvalue weighted by Crippen LogP contribution is 2.33. The highest BCUT2D eigenvalue weighted by atomic mass is 16.4. The van der Waals surface area contributed by atoms with Gasteiger partial charge in [0.25, 0.3) is 0 Å². The Balaban J connectivity index is 2.38. The van der Waals surface area contributed by atoms with Crippen LogP contribution < -0.4 is 0 Å². The third-order valence-electron chi connectivity index (χ3n) is 4.60. The molecular weight excluding hydrogens is 238 g/mol. The van der Waals surface area contributed by atoms with Crippen LogP contribution in [0.3, 0.4) is 0 Å². The molecule has 112 valence electrons. The van der Waals surface area contributed by atoms with Gasteiger partial charge in [0, 0.05) is 6.42 Å². The van der Waals surface area contributed by atoms with E-state index in [1.165, 1.54) is 25.9 Å². The molecule has 3 heteroatoms. The third kappa shape index (κ3) is 6.42. The van der Waals surface area contributed by atoms with E-state index in [2.05, 4.69) is 32.6 Å². The van der Waals surface area contributed by atoms with Crippen molar-refractivity contribution in [1.82, 2.24) is 4.90 Å². The first-order chi connectivity index (χ1) is 8.79. The van der Waals surface area contributed by atoms with Crippen molar-refractivity contribution in [2.45, 2.75) is 59.8 Å². The smallest absolute Gasteiger partial charge is 0.303 e. The van der Waals surface area contributed by atoms with Crippen LogP contribution >= 0.6 is 0 Å². The van der Waals surface area contributed by atoms with Crippen LogP contribution in [0.1, 0.15) is 59.8 Å². The zero-order valence-electron chi connectivity index (χ0n) is 13.1. The fourth-order valence-corrected chi connectivity index (χ4v) is 2.93. The van der Waals surface area contributed by atoms with Crippen molar-refractivity contribution in [3.8, 4) is 0 Å². The molecule has 1 unspecified atom stereocenters. The molecule has 1 N–H and O–H groups in total. The summed E-state index contributed by atoms with van der Waals surface area (Å²) in [6, 6.07) is 0. The summed E-state index contributed by atoms with van der Waals surface area (Å²) in [5.41, 5.74) is 0.207. The average Bonchev–Trinajstić information content (AvgIpc) is 2.29. The van der Waals surface area contributed by atoms with E-state index in [-0.39, 0.29) is 5.41 Å². The van der Waals surface area contributed by atoms with Crippen molar-refractivity contribution in [2.75, 3.05) is 19.6 Å². The molecule has 0 saturated carbocycles. The molecule has 1 aliphatic rings. The summed E-state index contributed by atoms with van der Waals surface area (Å²) in [4.78, 5) is 13.3. The van der Waals surface area contributed by atoms with Crippen LogP contribution in [0.4, 0.5) is 0 Å². The lowest BCUT2D eigenvalue weighted by Crippen LogP contribution is -2.35. The van der Waals surface area contributed by atoms with Crippen LogP contribution in [0.15, 0.2) is 0 Å². The van der Waals surface area contributed by atoms with E-state index in [4.69, 9.17) is 5.11 Å². The van der Waals surface area contributed by atoms with Gasteiger partial charge >= 0.3 is 5.97 Å². The van der Waals surface area contributed by atoms with E-state index in [9.17, 15) is 4.79 Å². The Morgan fingerprint density at radius 3 is 2.32 bits per heavy atom. The molecule has 0 amide bonds. The van der Waals surface area contributed by atoms with Crippen LogP contribution in [-0.4, -0.2) is 35.6 Å². The molecule has 19 heavy (non-hydrogen) atoms. The molecule has 3 nitrogen and oxygen atoms in total. The zero-order chi connectivity index (χ0) is 14.5. The number of carboxylic acids is 1. The van der Waals surface area contributed by atoms with Crippen LogP contribution in [0.25, 0.3) is 0 Å². The van der Waals surface area contributed by atoms with Gasteiger partial charge in [0.15, 0.2) is 0 Å². The SMILES string of the molecule is CC1CCN(CCC(CCC(=O)O)C(C)(C)C)CC1. The molecule has 0 radical (unpaired) electrons. The second-order valence-corrected chi connectivity index (χ2v) is 7.31. The predicted molar refractivity (Wildman–Crippen MR) is 79.3 cm³/mol. The van der Waals surface area contributed by atoms with Crippen molar-refractivity contribution in [3.05, 3.63) is 0 Å². The molecule has 0 bridgehead atoms. The molecule has 0 aliphatic carbocycles. The molecule has 1 atom stereocenters. The zero-order valence-corrected chi connectivity index (χ0v) is 13.1. The topological polar surface area (TPSA) is 40.5 Å². The van der Waals surface area contributed by atoms with Gasteiger partial charge in [0.05, 0.1) is 0 Å². The Morgan fingerprint density at radius 1 is 1.26 bits per heavy atom. The standard InChI is InChI=1S/C16H31NO2/c1-13-7-10-17(11-8-13)12-9-14(16(2,3)4)5-6-15(18)19/h13-14H,5-12H2,1-4H3,(H,18,19). The number of carbonyl (C=O) groups is 1. The van der Waals surface area contributed by atoms with Gasteiger partial charge in [-0.15, -0.1) is 0 Å². The summed E-state index contributed by atoms with van der Waals surface area (Å²) in [6.45, 7) is 12.6.